The van der Waals surface area contributed by atoms with Gasteiger partial charge in [0.25, 0.3) is 0 Å². The highest BCUT2D eigenvalue weighted by Gasteiger charge is 2.60. The van der Waals surface area contributed by atoms with E-state index in [0.29, 0.717) is 38.1 Å². The lowest BCUT2D eigenvalue weighted by Gasteiger charge is -2.63. The minimum Gasteiger partial charge on any atom is -0.496 e. The number of hydrogen-bond donors (Lipinski definition) is 1. The van der Waals surface area contributed by atoms with Gasteiger partial charge in [0.15, 0.2) is 5.69 Å². The van der Waals surface area contributed by atoms with Crippen LogP contribution >= 0.6 is 11.6 Å². The number of pyridine rings is 2. The molecule has 1 saturated heterocycles. The highest BCUT2D eigenvalue weighted by Crippen LogP contribution is 2.57. The van der Waals surface area contributed by atoms with Gasteiger partial charge >= 0.3 is 6.18 Å². The number of anilines is 1. The fourth-order valence-corrected chi connectivity index (χ4v) is 4.77. The fourth-order valence-electron chi connectivity index (χ4n) is 4.62. The van der Waals surface area contributed by atoms with E-state index in [2.05, 4.69) is 9.97 Å². The lowest BCUT2D eigenvalue weighted by Crippen LogP contribution is -2.69. The Morgan fingerprint density at radius 3 is 2.64 bits per heavy atom. The predicted molar refractivity (Wildman–Crippen MR) is 97.6 cm³/mol. The van der Waals surface area contributed by atoms with Gasteiger partial charge in [-0.05, 0) is 25.0 Å². The first-order valence-corrected chi connectivity index (χ1v) is 9.18. The summed E-state index contributed by atoms with van der Waals surface area (Å²) in [7, 11) is 1.56. The van der Waals surface area contributed by atoms with Gasteiger partial charge in [-0.15, -0.1) is 0 Å². The Kier molecular flexibility index (Phi) is 4.46. The van der Waals surface area contributed by atoms with Crippen molar-refractivity contribution in [2.45, 2.75) is 31.0 Å². The molecule has 2 fully saturated rings. The highest BCUT2D eigenvalue weighted by atomic mass is 35.5. The van der Waals surface area contributed by atoms with E-state index in [1.807, 2.05) is 0 Å². The molecule has 2 aromatic rings. The minimum atomic E-state index is -4.54. The smallest absolute Gasteiger partial charge is 0.435 e. The third-order valence-corrected chi connectivity index (χ3v) is 5.71. The lowest BCUT2D eigenvalue weighted by molar-refractivity contribution is -0.145. The molecule has 0 radical (unpaired) electrons. The molecule has 1 saturated carbocycles. The number of nitrogens with zero attached hydrogens (tertiary/aromatic N) is 3. The van der Waals surface area contributed by atoms with Crippen molar-refractivity contribution in [3.63, 3.8) is 0 Å². The molecule has 0 aromatic carbocycles. The highest BCUT2D eigenvalue weighted by molar-refractivity contribution is 6.30. The molecule has 1 aliphatic carbocycles. The first-order chi connectivity index (χ1) is 13.1. The van der Waals surface area contributed by atoms with Crippen LogP contribution in [0.15, 0.2) is 30.7 Å². The van der Waals surface area contributed by atoms with Crippen LogP contribution in [0.3, 0.4) is 0 Å². The van der Waals surface area contributed by atoms with Gasteiger partial charge in [-0.25, -0.2) is 4.98 Å². The van der Waals surface area contributed by atoms with Crippen molar-refractivity contribution in [2.75, 3.05) is 25.1 Å². The second kappa shape index (κ2) is 6.49. The first kappa shape index (κ1) is 19.3. The van der Waals surface area contributed by atoms with E-state index in [0.717, 1.165) is 11.8 Å². The molecule has 5 nitrogen and oxygen atoms in total. The molecule has 0 atom stereocenters. The quantitative estimate of drug-likeness (QED) is 0.827. The zero-order valence-electron chi connectivity index (χ0n) is 15.1. The average molecular weight is 414 g/mol. The normalized spacial score (nSPS) is 19.9. The standard InChI is InChI=1S/C19H19ClF3N3O2/c1-28-15-2-3-24-6-12(15)5-18(27)8-17(9-18)10-26(11-17)14-4-13(20)7-25-16(14)19(21,22)23/h2-4,6-7,27H,5,8-11H2,1H3. The molecule has 150 valence electrons. The third-order valence-electron chi connectivity index (χ3n) is 5.50. The van der Waals surface area contributed by atoms with Crippen LogP contribution in [0.5, 0.6) is 5.75 Å². The van der Waals surface area contributed by atoms with Crippen LogP contribution in [-0.4, -0.2) is 40.9 Å². The Hall–Kier alpha value is -2.06. The van der Waals surface area contributed by atoms with E-state index in [4.69, 9.17) is 16.3 Å². The molecule has 1 aliphatic heterocycles. The van der Waals surface area contributed by atoms with E-state index in [1.165, 1.54) is 6.07 Å². The summed E-state index contributed by atoms with van der Waals surface area (Å²) in [5.41, 5.74) is -1.20. The summed E-state index contributed by atoms with van der Waals surface area (Å²) in [5.74, 6) is 0.666. The zero-order valence-corrected chi connectivity index (χ0v) is 15.9. The number of ether oxygens (including phenoxy) is 1. The van der Waals surface area contributed by atoms with Crippen molar-refractivity contribution in [1.29, 1.82) is 0 Å². The number of halogens is 4. The Balaban J connectivity index is 1.44. The molecule has 1 spiro atoms. The van der Waals surface area contributed by atoms with Crippen LogP contribution in [0.2, 0.25) is 5.02 Å². The molecule has 28 heavy (non-hydrogen) atoms. The van der Waals surface area contributed by atoms with Gasteiger partial charge in [-0.2, -0.15) is 13.2 Å². The van der Waals surface area contributed by atoms with Crippen LogP contribution < -0.4 is 9.64 Å². The molecular formula is C19H19ClF3N3O2. The van der Waals surface area contributed by atoms with Crippen LogP contribution in [0.4, 0.5) is 18.9 Å². The van der Waals surface area contributed by atoms with Gasteiger partial charge in [-0.1, -0.05) is 11.6 Å². The van der Waals surface area contributed by atoms with Crippen molar-refractivity contribution in [2.24, 2.45) is 5.41 Å². The number of methoxy groups -OCH3 is 1. The minimum absolute atomic E-state index is 0.00464. The summed E-state index contributed by atoms with van der Waals surface area (Å²) < 4.78 is 45.0. The van der Waals surface area contributed by atoms with Gasteiger partial charge < -0.3 is 14.7 Å². The number of hydrogen-bond acceptors (Lipinski definition) is 5. The summed E-state index contributed by atoms with van der Waals surface area (Å²) in [6.45, 7) is 0.870. The van der Waals surface area contributed by atoms with E-state index >= 15 is 0 Å². The number of rotatable bonds is 4. The summed E-state index contributed by atoms with van der Waals surface area (Å²) >= 11 is 5.86. The van der Waals surface area contributed by atoms with Crippen molar-refractivity contribution >= 4 is 17.3 Å². The maximum Gasteiger partial charge on any atom is 0.435 e. The first-order valence-electron chi connectivity index (χ1n) is 8.80. The maximum atomic E-state index is 13.2. The summed E-state index contributed by atoms with van der Waals surface area (Å²) in [5, 5.41) is 11.0. The van der Waals surface area contributed by atoms with Crippen molar-refractivity contribution in [1.82, 2.24) is 9.97 Å². The molecular weight excluding hydrogens is 395 g/mol. The largest absolute Gasteiger partial charge is 0.496 e. The number of aliphatic hydroxyl groups is 1. The molecule has 0 bridgehead atoms. The van der Waals surface area contributed by atoms with Crippen LogP contribution in [0.25, 0.3) is 0 Å². The van der Waals surface area contributed by atoms with Crippen LogP contribution in [-0.2, 0) is 12.6 Å². The van der Waals surface area contributed by atoms with Crippen LogP contribution in [0, 0.1) is 5.41 Å². The summed E-state index contributed by atoms with van der Waals surface area (Å²) in [6, 6.07) is 3.04. The van der Waals surface area contributed by atoms with E-state index in [-0.39, 0.29) is 16.1 Å². The summed E-state index contributed by atoms with van der Waals surface area (Å²) in [6.07, 6.45) is 1.19. The van der Waals surface area contributed by atoms with E-state index < -0.39 is 17.5 Å². The maximum absolute atomic E-state index is 13.2. The molecule has 4 rings (SSSR count). The SMILES string of the molecule is COc1ccncc1CC1(O)CC2(CN(c3cc(Cl)cnc3C(F)(F)F)C2)C1. The van der Waals surface area contributed by atoms with Gasteiger partial charge in [0.1, 0.15) is 5.75 Å². The van der Waals surface area contributed by atoms with Crippen LogP contribution in [0.1, 0.15) is 24.1 Å². The third kappa shape index (κ3) is 3.39. The van der Waals surface area contributed by atoms with Gasteiger partial charge in [0.2, 0.25) is 0 Å². The average Bonchev–Trinajstić information content (AvgIpc) is 2.56. The molecule has 0 unspecified atom stereocenters. The Morgan fingerprint density at radius 1 is 1.29 bits per heavy atom. The number of alkyl halides is 3. The lowest BCUT2D eigenvalue weighted by atomic mass is 9.54. The van der Waals surface area contributed by atoms with E-state index in [9.17, 15) is 18.3 Å². The Morgan fingerprint density at radius 2 is 2.00 bits per heavy atom. The Bertz CT molecular complexity index is 892. The number of aromatic nitrogens is 2. The van der Waals surface area contributed by atoms with E-state index in [1.54, 1.807) is 30.5 Å². The molecule has 1 N–H and O–H groups in total. The van der Waals surface area contributed by atoms with Gasteiger partial charge in [0.05, 0.1) is 23.4 Å². The molecule has 2 aliphatic rings. The second-order valence-corrected chi connectivity index (χ2v) is 8.25. The summed E-state index contributed by atoms with van der Waals surface area (Å²) in [4.78, 5) is 9.18. The van der Waals surface area contributed by atoms with Gasteiger partial charge in [0, 0.05) is 49.1 Å². The molecule has 3 heterocycles. The fraction of sp³-hybridized carbons (Fsp3) is 0.474. The van der Waals surface area contributed by atoms with Crippen molar-refractivity contribution < 1.29 is 23.0 Å². The molecule has 2 aromatic heterocycles. The second-order valence-electron chi connectivity index (χ2n) is 7.82. The van der Waals surface area contributed by atoms with Crippen molar-refractivity contribution in [3.8, 4) is 5.75 Å². The van der Waals surface area contributed by atoms with Gasteiger partial charge in [-0.3, -0.25) is 4.98 Å². The monoisotopic (exact) mass is 413 g/mol. The Labute approximate surface area is 165 Å². The zero-order chi connectivity index (χ0) is 20.2. The molecule has 0 amide bonds. The predicted octanol–water partition coefficient (Wildman–Crippen LogP) is 3.73. The molecule has 9 heteroatoms. The van der Waals surface area contributed by atoms with Crippen molar-refractivity contribution in [3.05, 3.63) is 47.0 Å². The topological polar surface area (TPSA) is 58.5 Å².